The largest absolute Gasteiger partial charge is 0.458 e. The Morgan fingerprint density at radius 3 is 1.51 bits per heavy atom. The van der Waals surface area contributed by atoms with Crippen LogP contribution in [0.15, 0.2) is 49.6 Å². The first-order valence-electron chi connectivity index (χ1n) is 14.1. The van der Waals surface area contributed by atoms with Crippen LogP contribution in [0.1, 0.15) is 47.5 Å². The van der Waals surface area contributed by atoms with E-state index in [1.165, 1.54) is 13.8 Å². The molecule has 45 heavy (non-hydrogen) atoms. The van der Waals surface area contributed by atoms with Gasteiger partial charge in [0.2, 0.25) is 0 Å². The van der Waals surface area contributed by atoms with E-state index in [-0.39, 0.29) is 62.0 Å². The van der Waals surface area contributed by atoms with Crippen molar-refractivity contribution in [3.8, 4) is 0 Å². The summed E-state index contributed by atoms with van der Waals surface area (Å²) in [6.45, 7) is 21.4. The quantitative estimate of drug-likeness (QED) is 0.106. The van der Waals surface area contributed by atoms with Gasteiger partial charge in [-0.3, -0.25) is 0 Å². The smallest absolute Gasteiger partial charge is 0.407 e. The van der Waals surface area contributed by atoms with E-state index in [1.54, 1.807) is 0 Å². The Balaban J connectivity index is 4.78. The van der Waals surface area contributed by atoms with Crippen LogP contribution in [0.5, 0.6) is 0 Å². The monoisotopic (exact) mass is 638 g/mol. The van der Waals surface area contributed by atoms with Crippen molar-refractivity contribution >= 4 is 36.1 Å². The highest BCUT2D eigenvalue weighted by Gasteiger charge is 2.25. The van der Waals surface area contributed by atoms with Gasteiger partial charge in [-0.2, -0.15) is 0 Å². The van der Waals surface area contributed by atoms with Crippen molar-refractivity contribution in [3.63, 3.8) is 0 Å². The van der Waals surface area contributed by atoms with Crippen molar-refractivity contribution in [3.05, 3.63) is 49.6 Å². The second kappa shape index (κ2) is 21.1. The molecule has 0 rings (SSSR count). The third-order valence-electron chi connectivity index (χ3n) is 5.72. The van der Waals surface area contributed by atoms with Crippen molar-refractivity contribution in [1.29, 1.82) is 0 Å². The van der Waals surface area contributed by atoms with Gasteiger partial charge in [-0.25, -0.2) is 28.8 Å². The lowest BCUT2D eigenvalue weighted by Gasteiger charge is -2.28. The van der Waals surface area contributed by atoms with E-state index in [0.29, 0.717) is 12.8 Å². The fourth-order valence-corrected chi connectivity index (χ4v) is 3.52. The van der Waals surface area contributed by atoms with Crippen LogP contribution < -0.4 is 10.6 Å². The maximum absolute atomic E-state index is 12.5. The zero-order valence-corrected chi connectivity index (χ0v) is 26.8. The molecular weight excluding hydrogens is 592 g/mol. The standard InChI is InChI=1S/C31H46N2O12/c1-10-25(34)40-15-23(17-42-27(36)20(3)4)44-29(38)32-13-12-22(7)14-31(8,9)19-33-30(39)45-24(16-41-26(35)11-2)18-43-28(37)21(5)6/h10-11,22-24H,1-3,5,12-19H2,4,6-9H3,(H,32,38)(H,33,39). The maximum atomic E-state index is 12.5. The van der Waals surface area contributed by atoms with Gasteiger partial charge in [-0.1, -0.05) is 47.1 Å². The van der Waals surface area contributed by atoms with Gasteiger partial charge in [0.15, 0.2) is 12.2 Å². The summed E-state index contributed by atoms with van der Waals surface area (Å²) >= 11 is 0. The molecule has 0 radical (unpaired) electrons. The Labute approximate surface area is 264 Å². The number of rotatable bonds is 21. The van der Waals surface area contributed by atoms with E-state index in [9.17, 15) is 28.8 Å². The number of carbonyl (C=O) groups is 6. The predicted molar refractivity (Wildman–Crippen MR) is 163 cm³/mol. The second-order valence-corrected chi connectivity index (χ2v) is 11.0. The van der Waals surface area contributed by atoms with E-state index in [4.69, 9.17) is 28.4 Å². The highest BCUT2D eigenvalue weighted by atomic mass is 16.6. The van der Waals surface area contributed by atoms with Gasteiger partial charge in [-0.15, -0.1) is 0 Å². The van der Waals surface area contributed by atoms with E-state index < -0.39 is 48.3 Å². The number of hydrogen-bond acceptors (Lipinski definition) is 12. The van der Waals surface area contributed by atoms with Gasteiger partial charge < -0.3 is 39.1 Å². The van der Waals surface area contributed by atoms with Crippen LogP contribution in [-0.2, 0) is 47.6 Å². The summed E-state index contributed by atoms with van der Waals surface area (Å²) in [5.74, 6) is -2.73. The summed E-state index contributed by atoms with van der Waals surface area (Å²) < 4.78 is 30.4. The number of alkyl carbamates (subject to hydrolysis) is 2. The van der Waals surface area contributed by atoms with Crippen LogP contribution in [0, 0.1) is 11.3 Å². The number of hydrogen-bond donors (Lipinski definition) is 2. The third-order valence-corrected chi connectivity index (χ3v) is 5.72. The number of carbonyl (C=O) groups excluding carboxylic acids is 6. The van der Waals surface area contributed by atoms with E-state index >= 15 is 0 Å². The van der Waals surface area contributed by atoms with Crippen molar-refractivity contribution in [2.75, 3.05) is 39.5 Å². The molecule has 0 aliphatic carbocycles. The highest BCUT2D eigenvalue weighted by Crippen LogP contribution is 2.26. The molecule has 14 heteroatoms. The summed E-state index contributed by atoms with van der Waals surface area (Å²) in [6, 6.07) is 0. The number of amides is 2. The van der Waals surface area contributed by atoms with Gasteiger partial charge in [0.25, 0.3) is 0 Å². The molecule has 2 N–H and O–H groups in total. The van der Waals surface area contributed by atoms with Crippen LogP contribution in [0.4, 0.5) is 9.59 Å². The zero-order valence-electron chi connectivity index (χ0n) is 26.8. The summed E-state index contributed by atoms with van der Waals surface area (Å²) in [6.07, 6.45) is -0.587. The molecular formula is C31H46N2O12. The normalized spacial score (nSPS) is 12.6. The molecule has 0 aliphatic rings. The minimum absolute atomic E-state index is 0.103. The van der Waals surface area contributed by atoms with Crippen molar-refractivity contribution in [1.82, 2.24) is 10.6 Å². The van der Waals surface area contributed by atoms with E-state index in [1.807, 2.05) is 20.8 Å². The van der Waals surface area contributed by atoms with Crippen LogP contribution in [0.25, 0.3) is 0 Å². The summed E-state index contributed by atoms with van der Waals surface area (Å²) in [5.41, 5.74) is -0.0760. The first kappa shape index (κ1) is 40.4. The average Bonchev–Trinajstić information content (AvgIpc) is 2.97. The van der Waals surface area contributed by atoms with Crippen LogP contribution in [0.3, 0.4) is 0 Å². The lowest BCUT2D eigenvalue weighted by Crippen LogP contribution is -2.39. The molecule has 2 amide bonds. The topological polar surface area (TPSA) is 182 Å². The predicted octanol–water partition coefficient (Wildman–Crippen LogP) is 3.32. The van der Waals surface area contributed by atoms with Gasteiger partial charge in [0.05, 0.1) is 0 Å². The Bertz CT molecular complexity index is 1100. The maximum Gasteiger partial charge on any atom is 0.407 e. The Kier molecular flexibility index (Phi) is 19.0. The Hall–Kier alpha value is -4.62. The van der Waals surface area contributed by atoms with E-state index in [2.05, 4.69) is 36.9 Å². The molecule has 3 atom stereocenters. The molecule has 0 bridgehead atoms. The molecule has 0 aromatic rings. The highest BCUT2D eigenvalue weighted by molar-refractivity contribution is 5.87. The third kappa shape index (κ3) is 20.1. The molecule has 0 aromatic carbocycles. The molecule has 14 nitrogen and oxygen atoms in total. The second-order valence-electron chi connectivity index (χ2n) is 11.0. The lowest BCUT2D eigenvalue weighted by atomic mass is 9.82. The molecule has 0 fully saturated rings. The minimum Gasteiger partial charge on any atom is -0.458 e. The summed E-state index contributed by atoms with van der Waals surface area (Å²) in [5, 5.41) is 5.28. The van der Waals surface area contributed by atoms with Crippen LogP contribution in [0.2, 0.25) is 0 Å². The average molecular weight is 639 g/mol. The van der Waals surface area contributed by atoms with Gasteiger partial charge in [-0.05, 0) is 38.0 Å². The minimum atomic E-state index is -1.06. The van der Waals surface area contributed by atoms with E-state index in [0.717, 1.165) is 12.2 Å². The SMILES string of the molecule is C=CC(=O)OCC(COC(=O)C(=C)C)OC(=O)NCCC(C)CC(C)(C)CNC(=O)OC(COC(=O)C=C)COC(=O)C(=C)C. The number of ether oxygens (including phenoxy) is 6. The molecule has 0 heterocycles. The fraction of sp³-hybridized carbons (Fsp3) is 0.548. The van der Waals surface area contributed by atoms with Crippen molar-refractivity contribution < 1.29 is 57.2 Å². The first-order chi connectivity index (χ1) is 21.0. The molecule has 252 valence electrons. The molecule has 0 saturated carbocycles. The number of esters is 4. The molecule has 0 aliphatic heterocycles. The first-order valence-corrected chi connectivity index (χ1v) is 14.1. The van der Waals surface area contributed by atoms with Gasteiger partial charge >= 0.3 is 36.1 Å². The van der Waals surface area contributed by atoms with Crippen molar-refractivity contribution in [2.24, 2.45) is 11.3 Å². The van der Waals surface area contributed by atoms with Crippen LogP contribution >= 0.6 is 0 Å². The molecule has 3 unspecified atom stereocenters. The molecule has 0 spiro atoms. The summed E-state index contributed by atoms with van der Waals surface area (Å²) in [7, 11) is 0. The zero-order chi connectivity index (χ0) is 34.6. The van der Waals surface area contributed by atoms with Crippen molar-refractivity contribution in [2.45, 2.75) is 59.7 Å². The lowest BCUT2D eigenvalue weighted by molar-refractivity contribution is -0.148. The van der Waals surface area contributed by atoms with Gasteiger partial charge in [0, 0.05) is 36.4 Å². The molecule has 0 saturated heterocycles. The van der Waals surface area contributed by atoms with Crippen LogP contribution in [-0.4, -0.2) is 87.8 Å². The molecule has 0 aromatic heterocycles. The van der Waals surface area contributed by atoms with Gasteiger partial charge in [0.1, 0.15) is 26.4 Å². The number of nitrogens with one attached hydrogen (secondary N) is 2. The Morgan fingerprint density at radius 2 is 1.11 bits per heavy atom. The summed E-state index contributed by atoms with van der Waals surface area (Å²) in [4.78, 5) is 70.9. The fourth-order valence-electron chi connectivity index (χ4n) is 3.52. The Morgan fingerprint density at radius 1 is 0.711 bits per heavy atom.